The van der Waals surface area contributed by atoms with E-state index in [1.807, 2.05) is 18.2 Å². The first kappa shape index (κ1) is 22.3. The zero-order valence-electron chi connectivity index (χ0n) is 18.7. The number of rotatable bonds is 11. The van der Waals surface area contributed by atoms with Gasteiger partial charge >= 0.3 is 5.97 Å². The summed E-state index contributed by atoms with van der Waals surface area (Å²) in [5.41, 5.74) is 5.10. The van der Waals surface area contributed by atoms with Crippen molar-refractivity contribution in [3.63, 3.8) is 0 Å². The van der Waals surface area contributed by atoms with Gasteiger partial charge in [-0.1, -0.05) is 48.9 Å². The molecular weight excluding hydrogens is 414 g/mol. The number of benzene rings is 2. The summed E-state index contributed by atoms with van der Waals surface area (Å²) in [4.78, 5) is 22.8. The van der Waals surface area contributed by atoms with Gasteiger partial charge in [0.15, 0.2) is 0 Å². The topological polar surface area (TPSA) is 103 Å². The Labute approximate surface area is 193 Å². The number of anilines is 2. The van der Waals surface area contributed by atoms with Crippen LogP contribution in [0.3, 0.4) is 0 Å². The van der Waals surface area contributed by atoms with E-state index < -0.39 is 5.97 Å². The summed E-state index contributed by atoms with van der Waals surface area (Å²) >= 11 is 0. The first-order valence-corrected chi connectivity index (χ1v) is 11.3. The Kier molecular flexibility index (Phi) is 7.19. The Bertz CT molecular complexity index is 1190. The Hall–Kier alpha value is -3.87. The standard InChI is InChI=1S/C26H29N5O2/c1-18(19-8-4-2-5-9-19)30-25-22-16-23(31-26(22)29-17-28-25)20-11-13-21(14-12-20)27-15-7-3-6-10-24(32)33/h2,4-5,8-9,11-14,16-18,27H,3,6-7,10,15H2,1H3,(H,32,33)(H2,28,29,30,31). The van der Waals surface area contributed by atoms with E-state index in [0.717, 1.165) is 59.6 Å². The van der Waals surface area contributed by atoms with Gasteiger partial charge in [-0.25, -0.2) is 9.97 Å². The molecule has 7 nitrogen and oxygen atoms in total. The monoisotopic (exact) mass is 443 g/mol. The summed E-state index contributed by atoms with van der Waals surface area (Å²) in [7, 11) is 0. The SMILES string of the molecule is CC(Nc1ncnc2[nH]c(-c3ccc(NCCCCCC(=O)O)cc3)cc12)c1ccccc1. The van der Waals surface area contributed by atoms with Crippen molar-refractivity contribution in [1.82, 2.24) is 15.0 Å². The molecular formula is C26H29N5O2. The van der Waals surface area contributed by atoms with Gasteiger partial charge in [-0.15, -0.1) is 0 Å². The smallest absolute Gasteiger partial charge is 0.303 e. The number of unbranched alkanes of at least 4 members (excludes halogenated alkanes) is 2. The van der Waals surface area contributed by atoms with Crippen LogP contribution in [0.5, 0.6) is 0 Å². The van der Waals surface area contributed by atoms with Crippen LogP contribution in [-0.4, -0.2) is 32.6 Å². The summed E-state index contributed by atoms with van der Waals surface area (Å²) < 4.78 is 0. The summed E-state index contributed by atoms with van der Waals surface area (Å²) in [6, 6.07) is 20.8. The van der Waals surface area contributed by atoms with Crippen molar-refractivity contribution in [2.45, 2.75) is 38.6 Å². The maximum Gasteiger partial charge on any atom is 0.303 e. The Morgan fingerprint density at radius 3 is 2.58 bits per heavy atom. The number of aromatic amines is 1. The van der Waals surface area contributed by atoms with E-state index in [9.17, 15) is 4.79 Å². The average Bonchev–Trinajstić information content (AvgIpc) is 3.27. The van der Waals surface area contributed by atoms with Crippen LogP contribution in [0.25, 0.3) is 22.3 Å². The molecule has 0 bridgehead atoms. The molecule has 0 aliphatic carbocycles. The number of fused-ring (bicyclic) bond motifs is 1. The maximum atomic E-state index is 10.6. The van der Waals surface area contributed by atoms with Crippen molar-refractivity contribution >= 4 is 28.5 Å². The second-order valence-corrected chi connectivity index (χ2v) is 8.15. The Morgan fingerprint density at radius 1 is 1.03 bits per heavy atom. The van der Waals surface area contributed by atoms with Gasteiger partial charge in [0.05, 0.1) is 5.39 Å². The number of nitrogens with zero attached hydrogens (tertiary/aromatic N) is 2. The number of H-pyrrole nitrogens is 1. The number of hydrogen-bond acceptors (Lipinski definition) is 5. The van der Waals surface area contributed by atoms with E-state index in [4.69, 9.17) is 5.11 Å². The molecule has 2 aromatic heterocycles. The molecule has 4 N–H and O–H groups in total. The number of nitrogens with one attached hydrogen (secondary N) is 3. The molecule has 0 saturated carbocycles. The van der Waals surface area contributed by atoms with Crippen LogP contribution in [0.4, 0.5) is 11.5 Å². The zero-order chi connectivity index (χ0) is 23.0. The van der Waals surface area contributed by atoms with Crippen molar-refractivity contribution in [2.75, 3.05) is 17.2 Å². The number of aromatic nitrogens is 3. The average molecular weight is 444 g/mol. The molecule has 170 valence electrons. The van der Waals surface area contributed by atoms with Crippen molar-refractivity contribution in [1.29, 1.82) is 0 Å². The van der Waals surface area contributed by atoms with Crippen LogP contribution >= 0.6 is 0 Å². The fraction of sp³-hybridized carbons (Fsp3) is 0.269. The maximum absolute atomic E-state index is 10.6. The minimum absolute atomic E-state index is 0.122. The Morgan fingerprint density at radius 2 is 1.82 bits per heavy atom. The largest absolute Gasteiger partial charge is 0.481 e. The Balaban J connectivity index is 1.40. The van der Waals surface area contributed by atoms with Crippen molar-refractivity contribution < 1.29 is 9.90 Å². The van der Waals surface area contributed by atoms with Gasteiger partial charge in [-0.3, -0.25) is 4.79 Å². The molecule has 0 spiro atoms. The van der Waals surface area contributed by atoms with E-state index in [0.29, 0.717) is 0 Å². The van der Waals surface area contributed by atoms with Gasteiger partial charge in [0, 0.05) is 30.4 Å². The normalized spacial score (nSPS) is 11.9. The quantitative estimate of drug-likeness (QED) is 0.217. The lowest BCUT2D eigenvalue weighted by Crippen LogP contribution is -2.08. The highest BCUT2D eigenvalue weighted by molar-refractivity contribution is 5.91. The van der Waals surface area contributed by atoms with Crippen LogP contribution in [0.2, 0.25) is 0 Å². The van der Waals surface area contributed by atoms with E-state index in [1.54, 1.807) is 6.33 Å². The second-order valence-electron chi connectivity index (χ2n) is 8.15. The van der Waals surface area contributed by atoms with Gasteiger partial charge in [-0.05, 0) is 49.1 Å². The predicted molar refractivity (Wildman–Crippen MR) is 132 cm³/mol. The minimum atomic E-state index is -0.727. The lowest BCUT2D eigenvalue weighted by atomic mass is 10.1. The minimum Gasteiger partial charge on any atom is -0.481 e. The second kappa shape index (κ2) is 10.6. The molecule has 0 fully saturated rings. The summed E-state index contributed by atoms with van der Waals surface area (Å²) in [6.45, 7) is 2.95. The number of carboxylic acids is 1. The van der Waals surface area contributed by atoms with Crippen molar-refractivity contribution in [2.24, 2.45) is 0 Å². The van der Waals surface area contributed by atoms with Gasteiger partial charge in [0.1, 0.15) is 17.8 Å². The summed E-state index contributed by atoms with van der Waals surface area (Å²) in [5.74, 6) is 0.0788. The zero-order valence-corrected chi connectivity index (χ0v) is 18.7. The highest BCUT2D eigenvalue weighted by atomic mass is 16.4. The van der Waals surface area contributed by atoms with Crippen LogP contribution in [0.15, 0.2) is 67.0 Å². The third-order valence-electron chi connectivity index (χ3n) is 5.67. The van der Waals surface area contributed by atoms with E-state index in [2.05, 4.69) is 75.0 Å². The molecule has 1 atom stereocenters. The molecule has 0 amide bonds. The molecule has 1 unspecified atom stereocenters. The third kappa shape index (κ3) is 5.88. The van der Waals surface area contributed by atoms with Gasteiger partial charge < -0.3 is 20.7 Å². The first-order valence-electron chi connectivity index (χ1n) is 11.3. The molecule has 4 rings (SSSR count). The molecule has 2 aromatic carbocycles. The van der Waals surface area contributed by atoms with E-state index >= 15 is 0 Å². The van der Waals surface area contributed by atoms with Gasteiger partial charge in [-0.2, -0.15) is 0 Å². The highest BCUT2D eigenvalue weighted by Gasteiger charge is 2.12. The molecule has 4 aromatic rings. The summed E-state index contributed by atoms with van der Waals surface area (Å²) in [6.07, 6.45) is 4.40. The number of carboxylic acid groups (broad SMARTS) is 1. The fourth-order valence-corrected chi connectivity index (χ4v) is 3.82. The van der Waals surface area contributed by atoms with Gasteiger partial charge in [0.25, 0.3) is 0 Å². The summed E-state index contributed by atoms with van der Waals surface area (Å²) in [5, 5.41) is 16.5. The van der Waals surface area contributed by atoms with Gasteiger partial charge in [0.2, 0.25) is 0 Å². The lowest BCUT2D eigenvalue weighted by Gasteiger charge is -2.15. The van der Waals surface area contributed by atoms with Crippen LogP contribution < -0.4 is 10.6 Å². The third-order valence-corrected chi connectivity index (χ3v) is 5.67. The number of hydrogen-bond donors (Lipinski definition) is 4. The lowest BCUT2D eigenvalue weighted by molar-refractivity contribution is -0.137. The first-order chi connectivity index (χ1) is 16.1. The number of carbonyl (C=O) groups is 1. The van der Waals surface area contributed by atoms with Crippen LogP contribution in [0, 0.1) is 0 Å². The molecule has 7 heteroatoms. The van der Waals surface area contributed by atoms with Crippen molar-refractivity contribution in [3.05, 3.63) is 72.6 Å². The number of aliphatic carboxylic acids is 1. The van der Waals surface area contributed by atoms with Crippen molar-refractivity contribution in [3.8, 4) is 11.3 Å². The highest BCUT2D eigenvalue weighted by Crippen LogP contribution is 2.29. The fourth-order valence-electron chi connectivity index (χ4n) is 3.82. The van der Waals surface area contributed by atoms with Crippen LogP contribution in [-0.2, 0) is 4.79 Å². The van der Waals surface area contributed by atoms with E-state index in [-0.39, 0.29) is 12.5 Å². The molecule has 33 heavy (non-hydrogen) atoms. The molecule has 2 heterocycles. The predicted octanol–water partition coefficient (Wildman–Crippen LogP) is 5.85. The molecule has 0 aliphatic rings. The molecule has 0 saturated heterocycles. The molecule has 0 aliphatic heterocycles. The molecule has 0 radical (unpaired) electrons. The van der Waals surface area contributed by atoms with Crippen LogP contribution in [0.1, 0.15) is 44.2 Å². The van der Waals surface area contributed by atoms with E-state index in [1.165, 1.54) is 5.56 Å².